The first-order valence-corrected chi connectivity index (χ1v) is 10.5. The van der Waals surface area contributed by atoms with Gasteiger partial charge in [-0.25, -0.2) is 0 Å². The van der Waals surface area contributed by atoms with Crippen molar-refractivity contribution in [3.63, 3.8) is 0 Å². The third-order valence-electron chi connectivity index (χ3n) is 6.27. The Kier molecular flexibility index (Phi) is 5.61. The average molecular weight is 410 g/mol. The molecule has 0 radical (unpaired) electrons. The monoisotopic (exact) mass is 410 g/mol. The van der Waals surface area contributed by atoms with Crippen molar-refractivity contribution in [1.82, 2.24) is 30.4 Å². The van der Waals surface area contributed by atoms with Crippen molar-refractivity contribution < 1.29 is 14.4 Å². The maximum Gasteiger partial charge on any atom is 0.261 e. The number of hydrogen-bond acceptors (Lipinski definition) is 6. The van der Waals surface area contributed by atoms with E-state index >= 15 is 0 Å². The highest BCUT2D eigenvalue weighted by Gasteiger charge is 2.35. The Morgan fingerprint density at radius 2 is 1.83 bits per heavy atom. The minimum atomic E-state index is -0.307. The van der Waals surface area contributed by atoms with Crippen molar-refractivity contribution in [3.05, 3.63) is 41.2 Å². The summed E-state index contributed by atoms with van der Waals surface area (Å²) in [4.78, 5) is 39.7. The van der Waals surface area contributed by atoms with Crippen LogP contribution in [0.15, 0.2) is 24.3 Å². The molecule has 9 heteroatoms. The molecule has 3 atom stereocenters. The number of carbonyl (C=O) groups excluding carboxylic acids is 3. The van der Waals surface area contributed by atoms with Crippen LogP contribution in [0.1, 0.15) is 59.7 Å². The summed E-state index contributed by atoms with van der Waals surface area (Å²) >= 11 is 0. The van der Waals surface area contributed by atoms with E-state index in [1.165, 1.54) is 16.1 Å². The summed E-state index contributed by atoms with van der Waals surface area (Å²) in [5.74, 6) is 0.685. The van der Waals surface area contributed by atoms with Gasteiger partial charge in [0.2, 0.25) is 5.91 Å². The first-order valence-electron chi connectivity index (χ1n) is 10.5. The van der Waals surface area contributed by atoms with Crippen LogP contribution in [0.3, 0.4) is 0 Å². The van der Waals surface area contributed by atoms with Crippen LogP contribution >= 0.6 is 0 Å². The largest absolute Gasteiger partial charge is 0.351 e. The van der Waals surface area contributed by atoms with Crippen LogP contribution < -0.4 is 5.32 Å². The van der Waals surface area contributed by atoms with Crippen LogP contribution in [0.2, 0.25) is 0 Å². The van der Waals surface area contributed by atoms with Gasteiger partial charge in [0.1, 0.15) is 6.54 Å². The molecule has 1 aliphatic heterocycles. The van der Waals surface area contributed by atoms with Gasteiger partial charge >= 0.3 is 0 Å². The summed E-state index contributed by atoms with van der Waals surface area (Å²) in [5, 5.41) is 15.2. The molecular weight excluding hydrogens is 384 g/mol. The highest BCUT2D eigenvalue weighted by Crippen LogP contribution is 2.29. The Labute approximate surface area is 174 Å². The molecule has 4 rings (SSSR count). The fraction of sp³-hybridized carbons (Fsp3) is 0.524. The summed E-state index contributed by atoms with van der Waals surface area (Å²) < 4.78 is 0. The smallest absolute Gasteiger partial charge is 0.261 e. The number of nitrogens with one attached hydrogen (secondary N) is 1. The second-order valence-electron chi connectivity index (χ2n) is 8.23. The van der Waals surface area contributed by atoms with Crippen molar-refractivity contribution >= 4 is 17.7 Å². The van der Waals surface area contributed by atoms with Crippen LogP contribution in [-0.4, -0.2) is 55.4 Å². The molecule has 2 heterocycles. The van der Waals surface area contributed by atoms with Gasteiger partial charge in [-0.05, 0) is 35.6 Å². The summed E-state index contributed by atoms with van der Waals surface area (Å²) in [6.07, 6.45) is 3.60. The topological polar surface area (TPSA) is 110 Å². The van der Waals surface area contributed by atoms with E-state index < -0.39 is 0 Å². The number of benzene rings is 1. The van der Waals surface area contributed by atoms with Gasteiger partial charge in [-0.15, -0.1) is 10.2 Å². The Hall–Kier alpha value is -3.10. The van der Waals surface area contributed by atoms with Crippen molar-refractivity contribution in [3.8, 4) is 0 Å². The molecule has 0 bridgehead atoms. The molecule has 2 aliphatic rings. The summed E-state index contributed by atoms with van der Waals surface area (Å²) in [5.41, 5.74) is 0.837. The molecule has 1 fully saturated rings. The van der Waals surface area contributed by atoms with Crippen LogP contribution in [0.25, 0.3) is 0 Å². The first-order chi connectivity index (χ1) is 14.4. The van der Waals surface area contributed by atoms with E-state index in [0.29, 0.717) is 28.8 Å². The lowest BCUT2D eigenvalue weighted by Crippen LogP contribution is -2.45. The van der Waals surface area contributed by atoms with Gasteiger partial charge in [0, 0.05) is 19.0 Å². The Morgan fingerprint density at radius 1 is 1.13 bits per heavy atom. The Bertz CT molecular complexity index is 936. The second kappa shape index (κ2) is 8.33. The lowest BCUT2D eigenvalue weighted by atomic mass is 9.78. The number of carbonyl (C=O) groups is 3. The zero-order valence-electron chi connectivity index (χ0n) is 17.2. The highest BCUT2D eigenvalue weighted by atomic mass is 16.2. The number of tetrazole rings is 1. The maximum atomic E-state index is 12.4. The minimum Gasteiger partial charge on any atom is -0.351 e. The lowest BCUT2D eigenvalue weighted by Gasteiger charge is -2.34. The number of aromatic nitrogens is 4. The SMILES string of the molecule is C[C@@H]1[C@@H](C)CCC[C@H]1NC(=O)Cn1nnc(CCN2C(=O)c3ccccc3C2=O)n1. The number of fused-ring (bicyclic) bond motifs is 1. The van der Waals surface area contributed by atoms with Crippen LogP contribution in [0.4, 0.5) is 0 Å². The molecule has 0 unspecified atom stereocenters. The van der Waals surface area contributed by atoms with Gasteiger partial charge in [-0.1, -0.05) is 38.8 Å². The fourth-order valence-corrected chi connectivity index (χ4v) is 4.26. The quantitative estimate of drug-likeness (QED) is 0.722. The van der Waals surface area contributed by atoms with Crippen molar-refractivity contribution in [2.45, 2.75) is 52.1 Å². The standard InChI is InChI=1S/C21H26N6O3/c1-13-6-5-9-17(14(13)2)22-19(28)12-27-24-18(23-25-27)10-11-26-20(29)15-7-3-4-8-16(15)21(26)30/h3-4,7-8,13-14,17H,5-6,9-12H2,1-2H3,(H,22,28)/t13-,14+,17+/m0/s1. The van der Waals surface area contributed by atoms with E-state index in [1.807, 2.05) is 0 Å². The lowest BCUT2D eigenvalue weighted by molar-refractivity contribution is -0.123. The molecule has 1 aliphatic carbocycles. The maximum absolute atomic E-state index is 12.4. The van der Waals surface area contributed by atoms with E-state index in [1.54, 1.807) is 24.3 Å². The zero-order chi connectivity index (χ0) is 21.3. The summed E-state index contributed by atoms with van der Waals surface area (Å²) in [7, 11) is 0. The van der Waals surface area contributed by atoms with Gasteiger partial charge < -0.3 is 5.32 Å². The van der Waals surface area contributed by atoms with E-state index in [0.717, 1.165) is 12.8 Å². The predicted octanol–water partition coefficient (Wildman–Crippen LogP) is 1.45. The van der Waals surface area contributed by atoms with Gasteiger partial charge in [0.25, 0.3) is 11.8 Å². The van der Waals surface area contributed by atoms with Crippen molar-refractivity contribution in [2.75, 3.05) is 6.54 Å². The van der Waals surface area contributed by atoms with E-state index in [-0.39, 0.29) is 43.3 Å². The molecule has 3 amide bonds. The van der Waals surface area contributed by atoms with E-state index in [9.17, 15) is 14.4 Å². The van der Waals surface area contributed by atoms with Gasteiger partial charge in [0.05, 0.1) is 11.1 Å². The van der Waals surface area contributed by atoms with E-state index in [4.69, 9.17) is 0 Å². The Balaban J connectivity index is 1.30. The molecule has 0 saturated heterocycles. The van der Waals surface area contributed by atoms with Crippen LogP contribution in [0, 0.1) is 11.8 Å². The van der Waals surface area contributed by atoms with E-state index in [2.05, 4.69) is 34.6 Å². The first kappa shape index (κ1) is 20.2. The summed E-state index contributed by atoms with van der Waals surface area (Å²) in [6, 6.07) is 6.95. The van der Waals surface area contributed by atoms with Crippen molar-refractivity contribution in [2.24, 2.45) is 11.8 Å². The molecule has 1 aromatic carbocycles. The Morgan fingerprint density at radius 3 is 2.53 bits per heavy atom. The molecular formula is C21H26N6O3. The molecule has 2 aromatic rings. The predicted molar refractivity (Wildman–Crippen MR) is 107 cm³/mol. The molecule has 1 aromatic heterocycles. The summed E-state index contributed by atoms with van der Waals surface area (Å²) in [6.45, 7) is 4.57. The van der Waals surface area contributed by atoms with Crippen LogP contribution in [0.5, 0.6) is 0 Å². The molecule has 0 spiro atoms. The number of rotatable bonds is 6. The molecule has 1 saturated carbocycles. The number of amides is 3. The highest BCUT2D eigenvalue weighted by molar-refractivity contribution is 6.21. The molecule has 9 nitrogen and oxygen atoms in total. The normalized spacial score (nSPS) is 23.5. The van der Waals surface area contributed by atoms with Gasteiger partial charge in [0.15, 0.2) is 5.82 Å². The molecule has 30 heavy (non-hydrogen) atoms. The number of imide groups is 1. The third kappa shape index (κ3) is 3.96. The zero-order valence-corrected chi connectivity index (χ0v) is 17.2. The number of nitrogens with zero attached hydrogens (tertiary/aromatic N) is 5. The second-order valence-corrected chi connectivity index (χ2v) is 8.23. The minimum absolute atomic E-state index is 0.00236. The van der Waals surface area contributed by atoms with Gasteiger partial charge in [-0.3, -0.25) is 19.3 Å². The average Bonchev–Trinajstić information content (AvgIpc) is 3.27. The van der Waals surface area contributed by atoms with Gasteiger partial charge in [-0.2, -0.15) is 4.80 Å². The molecule has 1 N–H and O–H groups in total. The third-order valence-corrected chi connectivity index (χ3v) is 6.27. The molecule has 158 valence electrons. The number of hydrogen-bond donors (Lipinski definition) is 1. The van der Waals surface area contributed by atoms with Crippen LogP contribution in [-0.2, 0) is 17.8 Å². The van der Waals surface area contributed by atoms with Crippen molar-refractivity contribution in [1.29, 1.82) is 0 Å². The fourth-order valence-electron chi connectivity index (χ4n) is 4.26.